The minimum atomic E-state index is 0.290. The maximum atomic E-state index is 11.0. The van der Waals surface area contributed by atoms with Gasteiger partial charge in [0.15, 0.2) is 0 Å². The second-order valence-corrected chi connectivity index (χ2v) is 4.27. The van der Waals surface area contributed by atoms with Gasteiger partial charge in [0, 0.05) is 18.8 Å². The van der Waals surface area contributed by atoms with E-state index >= 15 is 0 Å². The highest BCUT2D eigenvalue weighted by Gasteiger charge is 2.45. The third-order valence-electron chi connectivity index (χ3n) is 3.41. The number of Topliss-reactive ketones (excluding diaryl/α,β-unsaturated/α-hetero) is 1. The van der Waals surface area contributed by atoms with E-state index in [-0.39, 0.29) is 0 Å². The number of nitriles is 1. The van der Waals surface area contributed by atoms with Crippen LogP contribution in [0.25, 0.3) is 0 Å². The van der Waals surface area contributed by atoms with Crippen molar-refractivity contribution in [2.45, 2.75) is 38.5 Å². The van der Waals surface area contributed by atoms with Gasteiger partial charge >= 0.3 is 0 Å². The van der Waals surface area contributed by atoms with Crippen molar-refractivity contribution in [1.29, 1.82) is 5.26 Å². The van der Waals surface area contributed by atoms with Crippen LogP contribution in [0.3, 0.4) is 0 Å². The average Bonchev–Trinajstić information content (AvgIpc) is 2.02. The molecule has 2 nitrogen and oxygen atoms in total. The molecule has 0 atom stereocenters. The summed E-state index contributed by atoms with van der Waals surface area (Å²) < 4.78 is 0. The zero-order chi connectivity index (χ0) is 8.60. The summed E-state index contributed by atoms with van der Waals surface area (Å²) in [6, 6.07) is 2.30. The van der Waals surface area contributed by atoms with Crippen LogP contribution in [0, 0.1) is 22.7 Å². The molecule has 0 heterocycles. The molecule has 2 fully saturated rings. The van der Waals surface area contributed by atoms with Crippen molar-refractivity contribution in [1.82, 2.24) is 0 Å². The van der Waals surface area contributed by atoms with Crippen LogP contribution in [0.1, 0.15) is 38.5 Å². The summed E-state index contributed by atoms with van der Waals surface area (Å²) >= 11 is 0. The van der Waals surface area contributed by atoms with Crippen LogP contribution in [0.4, 0.5) is 0 Å². The van der Waals surface area contributed by atoms with Gasteiger partial charge in [-0.1, -0.05) is 0 Å². The highest BCUT2D eigenvalue weighted by Crippen LogP contribution is 2.53. The van der Waals surface area contributed by atoms with Crippen LogP contribution in [0.15, 0.2) is 0 Å². The molecular weight excluding hydrogens is 150 g/mol. The molecule has 2 saturated carbocycles. The summed E-state index contributed by atoms with van der Waals surface area (Å²) in [5, 5.41) is 8.64. The van der Waals surface area contributed by atoms with E-state index in [9.17, 15) is 4.79 Å². The number of hydrogen-bond donors (Lipinski definition) is 0. The minimum absolute atomic E-state index is 0.290. The van der Waals surface area contributed by atoms with E-state index in [1.807, 2.05) is 0 Å². The van der Waals surface area contributed by atoms with Crippen molar-refractivity contribution < 1.29 is 4.79 Å². The predicted molar refractivity (Wildman–Crippen MR) is 44.2 cm³/mol. The molecule has 0 aliphatic heterocycles. The Balaban J connectivity index is 1.92. The zero-order valence-electron chi connectivity index (χ0n) is 7.18. The monoisotopic (exact) mass is 163 g/mol. The molecule has 2 aliphatic carbocycles. The second-order valence-electron chi connectivity index (χ2n) is 4.27. The lowest BCUT2D eigenvalue weighted by molar-refractivity contribution is -0.124. The Labute approximate surface area is 72.6 Å². The summed E-state index contributed by atoms with van der Waals surface area (Å²) in [5.41, 5.74) is 0.411. The first kappa shape index (κ1) is 7.79. The summed E-state index contributed by atoms with van der Waals surface area (Å²) in [6.45, 7) is 0. The standard InChI is InChI=1S/C10H13NO/c11-7-8-5-10(6-8)3-1-9(12)2-4-10/h8H,1-6H2. The number of carbonyl (C=O) groups is 1. The summed E-state index contributed by atoms with van der Waals surface area (Å²) in [5.74, 6) is 0.708. The van der Waals surface area contributed by atoms with Gasteiger partial charge in [0.25, 0.3) is 0 Å². The van der Waals surface area contributed by atoms with Crippen LogP contribution >= 0.6 is 0 Å². The normalized spacial score (nSPS) is 28.1. The zero-order valence-corrected chi connectivity index (χ0v) is 7.18. The van der Waals surface area contributed by atoms with Crippen molar-refractivity contribution in [2.24, 2.45) is 11.3 Å². The van der Waals surface area contributed by atoms with Gasteiger partial charge < -0.3 is 0 Å². The highest BCUT2D eigenvalue weighted by molar-refractivity contribution is 5.79. The lowest BCUT2D eigenvalue weighted by Gasteiger charge is -2.47. The van der Waals surface area contributed by atoms with Gasteiger partial charge in [-0.05, 0) is 31.1 Å². The smallest absolute Gasteiger partial charge is 0.132 e. The topological polar surface area (TPSA) is 40.9 Å². The maximum absolute atomic E-state index is 11.0. The van der Waals surface area contributed by atoms with Crippen LogP contribution in [-0.4, -0.2) is 5.78 Å². The maximum Gasteiger partial charge on any atom is 0.132 e. The molecule has 0 amide bonds. The molecule has 12 heavy (non-hydrogen) atoms. The Kier molecular flexibility index (Phi) is 1.68. The average molecular weight is 163 g/mol. The first-order chi connectivity index (χ1) is 5.74. The van der Waals surface area contributed by atoms with Crippen LogP contribution in [-0.2, 0) is 4.79 Å². The van der Waals surface area contributed by atoms with Crippen molar-refractivity contribution in [3.05, 3.63) is 0 Å². The van der Waals surface area contributed by atoms with Gasteiger partial charge in [-0.25, -0.2) is 0 Å². The summed E-state index contributed by atoms with van der Waals surface area (Å²) in [6.07, 6.45) is 5.72. The molecule has 0 aromatic rings. The highest BCUT2D eigenvalue weighted by atomic mass is 16.1. The fraction of sp³-hybridized carbons (Fsp3) is 0.800. The van der Waals surface area contributed by atoms with Gasteiger partial charge in [0.2, 0.25) is 0 Å². The van der Waals surface area contributed by atoms with Crippen molar-refractivity contribution in [3.8, 4) is 6.07 Å². The van der Waals surface area contributed by atoms with Crippen LogP contribution < -0.4 is 0 Å². The number of carbonyl (C=O) groups excluding carboxylic acids is 1. The third-order valence-corrected chi connectivity index (χ3v) is 3.41. The summed E-state index contributed by atoms with van der Waals surface area (Å²) in [4.78, 5) is 11.0. The van der Waals surface area contributed by atoms with E-state index in [2.05, 4.69) is 6.07 Å². The van der Waals surface area contributed by atoms with Crippen LogP contribution in [0.5, 0.6) is 0 Å². The van der Waals surface area contributed by atoms with E-state index in [1.54, 1.807) is 0 Å². The Hall–Kier alpha value is -0.840. The molecule has 0 aromatic heterocycles. The first-order valence-electron chi connectivity index (χ1n) is 4.65. The van der Waals surface area contributed by atoms with Gasteiger partial charge in [0.1, 0.15) is 5.78 Å². The molecule has 2 aliphatic rings. The minimum Gasteiger partial charge on any atom is -0.300 e. The Bertz CT molecular complexity index is 233. The molecule has 0 saturated heterocycles. The molecule has 1 spiro atoms. The molecule has 2 rings (SSSR count). The molecule has 0 unspecified atom stereocenters. The SMILES string of the molecule is N#CC1CC2(CCC(=O)CC2)C1. The second kappa shape index (κ2) is 2.58. The van der Waals surface area contributed by atoms with Gasteiger partial charge in [-0.15, -0.1) is 0 Å². The van der Waals surface area contributed by atoms with Gasteiger partial charge in [0.05, 0.1) is 6.07 Å². The van der Waals surface area contributed by atoms with Crippen LogP contribution in [0.2, 0.25) is 0 Å². The number of ketones is 1. The molecule has 0 N–H and O–H groups in total. The Morgan fingerprint density at radius 3 is 2.42 bits per heavy atom. The largest absolute Gasteiger partial charge is 0.300 e. The molecule has 2 heteroatoms. The Morgan fingerprint density at radius 1 is 1.33 bits per heavy atom. The van der Waals surface area contributed by atoms with Gasteiger partial charge in [-0.2, -0.15) is 5.26 Å². The lowest BCUT2D eigenvalue weighted by atomic mass is 9.56. The Morgan fingerprint density at radius 2 is 1.92 bits per heavy atom. The number of rotatable bonds is 0. The fourth-order valence-corrected chi connectivity index (χ4v) is 2.54. The van der Waals surface area contributed by atoms with Crippen molar-refractivity contribution >= 4 is 5.78 Å². The third kappa shape index (κ3) is 1.14. The number of hydrogen-bond acceptors (Lipinski definition) is 2. The van der Waals surface area contributed by atoms with E-state index in [4.69, 9.17) is 5.26 Å². The van der Waals surface area contributed by atoms with Crippen molar-refractivity contribution in [3.63, 3.8) is 0 Å². The predicted octanol–water partition coefficient (Wildman–Crippen LogP) is 2.05. The molecule has 0 radical (unpaired) electrons. The molecule has 0 bridgehead atoms. The lowest BCUT2D eigenvalue weighted by Crippen LogP contribution is -2.39. The fourth-order valence-electron chi connectivity index (χ4n) is 2.54. The first-order valence-corrected chi connectivity index (χ1v) is 4.65. The van der Waals surface area contributed by atoms with E-state index < -0.39 is 0 Å². The molecule has 64 valence electrons. The van der Waals surface area contributed by atoms with E-state index in [0.29, 0.717) is 17.1 Å². The van der Waals surface area contributed by atoms with Gasteiger partial charge in [-0.3, -0.25) is 4.79 Å². The van der Waals surface area contributed by atoms with Crippen molar-refractivity contribution in [2.75, 3.05) is 0 Å². The molecule has 0 aromatic carbocycles. The van der Waals surface area contributed by atoms with E-state index in [1.165, 1.54) is 0 Å². The summed E-state index contributed by atoms with van der Waals surface area (Å²) in [7, 11) is 0. The van der Waals surface area contributed by atoms with E-state index in [0.717, 1.165) is 38.5 Å². The number of nitrogens with zero attached hydrogens (tertiary/aromatic N) is 1. The quantitative estimate of drug-likeness (QED) is 0.548. The molecular formula is C10H13NO.